The zero-order valence-electron chi connectivity index (χ0n) is 8.30. The highest BCUT2D eigenvalue weighted by Crippen LogP contribution is 2.01. The normalized spacial score (nSPS) is 12.5. The van der Waals surface area contributed by atoms with Crippen LogP contribution in [0.2, 0.25) is 0 Å². The second kappa shape index (κ2) is 4.76. The molecule has 1 unspecified atom stereocenters. The first-order chi connectivity index (χ1) is 6.65. The summed E-state index contributed by atoms with van der Waals surface area (Å²) in [6.45, 7) is 1.97. The van der Waals surface area contributed by atoms with E-state index in [4.69, 9.17) is 0 Å². The standard InChI is InChI=1S/C9H14N2O3/c1-3-14-9(13)7(12)6-8-10-4-5-11(8)2/h4-5,7,12H,3,6H2,1-2H3. The second-order valence-electron chi connectivity index (χ2n) is 2.93. The van der Waals surface area contributed by atoms with E-state index >= 15 is 0 Å². The van der Waals surface area contributed by atoms with Crippen molar-refractivity contribution in [2.45, 2.75) is 19.4 Å². The fourth-order valence-corrected chi connectivity index (χ4v) is 1.09. The van der Waals surface area contributed by atoms with Crippen LogP contribution in [0.15, 0.2) is 12.4 Å². The van der Waals surface area contributed by atoms with Gasteiger partial charge < -0.3 is 14.4 Å². The summed E-state index contributed by atoms with van der Waals surface area (Å²) in [5, 5.41) is 9.42. The highest BCUT2D eigenvalue weighted by Gasteiger charge is 2.18. The van der Waals surface area contributed by atoms with E-state index in [1.807, 2.05) is 0 Å². The summed E-state index contributed by atoms with van der Waals surface area (Å²) in [6, 6.07) is 0. The Morgan fingerprint density at radius 2 is 2.50 bits per heavy atom. The Bertz CT molecular complexity index is 309. The van der Waals surface area contributed by atoms with Crippen molar-refractivity contribution in [3.63, 3.8) is 0 Å². The van der Waals surface area contributed by atoms with Crippen molar-refractivity contribution in [3.05, 3.63) is 18.2 Å². The van der Waals surface area contributed by atoms with Gasteiger partial charge in [0.2, 0.25) is 0 Å². The number of esters is 1. The van der Waals surface area contributed by atoms with Gasteiger partial charge in [-0.05, 0) is 6.92 Å². The zero-order valence-corrected chi connectivity index (χ0v) is 8.30. The number of imidazole rings is 1. The number of carbonyl (C=O) groups is 1. The number of aliphatic hydroxyl groups excluding tert-OH is 1. The molecule has 0 bridgehead atoms. The smallest absolute Gasteiger partial charge is 0.335 e. The van der Waals surface area contributed by atoms with E-state index in [-0.39, 0.29) is 13.0 Å². The quantitative estimate of drug-likeness (QED) is 0.685. The molecule has 0 saturated heterocycles. The Hall–Kier alpha value is -1.36. The number of aryl methyl sites for hydroxylation is 1. The molecule has 1 aromatic heterocycles. The Kier molecular flexibility index (Phi) is 3.64. The molecule has 0 aliphatic carbocycles. The van der Waals surface area contributed by atoms with Gasteiger partial charge in [0.25, 0.3) is 0 Å². The third kappa shape index (κ3) is 2.56. The van der Waals surface area contributed by atoms with E-state index in [9.17, 15) is 9.90 Å². The van der Waals surface area contributed by atoms with Gasteiger partial charge >= 0.3 is 5.97 Å². The maximum absolute atomic E-state index is 11.1. The van der Waals surface area contributed by atoms with Crippen LogP contribution in [0.4, 0.5) is 0 Å². The lowest BCUT2D eigenvalue weighted by molar-refractivity contribution is -0.152. The van der Waals surface area contributed by atoms with E-state index < -0.39 is 12.1 Å². The van der Waals surface area contributed by atoms with Crippen molar-refractivity contribution in [3.8, 4) is 0 Å². The maximum Gasteiger partial charge on any atom is 0.335 e. The average molecular weight is 198 g/mol. The van der Waals surface area contributed by atoms with Crippen LogP contribution in [0.3, 0.4) is 0 Å². The molecule has 0 aliphatic heterocycles. The molecule has 0 aromatic carbocycles. The van der Waals surface area contributed by atoms with Gasteiger partial charge in [0, 0.05) is 25.9 Å². The van der Waals surface area contributed by atoms with Gasteiger partial charge in [0.15, 0.2) is 6.10 Å². The van der Waals surface area contributed by atoms with E-state index in [1.165, 1.54) is 0 Å². The molecule has 5 nitrogen and oxygen atoms in total. The highest BCUT2D eigenvalue weighted by molar-refractivity contribution is 5.74. The number of ether oxygens (including phenoxy) is 1. The van der Waals surface area contributed by atoms with Crippen LogP contribution in [0.25, 0.3) is 0 Å². The molecule has 1 N–H and O–H groups in total. The molecule has 0 radical (unpaired) electrons. The lowest BCUT2D eigenvalue weighted by Gasteiger charge is -2.08. The summed E-state index contributed by atoms with van der Waals surface area (Å²) in [5.74, 6) is 0.0565. The van der Waals surface area contributed by atoms with Gasteiger partial charge in [0.05, 0.1) is 6.61 Å². The molecule has 1 aromatic rings. The van der Waals surface area contributed by atoms with Crippen molar-refractivity contribution < 1.29 is 14.6 Å². The summed E-state index contributed by atoms with van der Waals surface area (Å²) >= 11 is 0. The maximum atomic E-state index is 11.1. The van der Waals surface area contributed by atoms with Crippen LogP contribution in [0.1, 0.15) is 12.7 Å². The third-order valence-electron chi connectivity index (χ3n) is 1.86. The Labute approximate surface area is 82.3 Å². The summed E-state index contributed by atoms with van der Waals surface area (Å²) in [7, 11) is 1.81. The molecule has 1 heterocycles. The number of nitrogens with zero attached hydrogens (tertiary/aromatic N) is 2. The summed E-state index contributed by atoms with van der Waals surface area (Å²) in [5.41, 5.74) is 0. The summed E-state index contributed by atoms with van der Waals surface area (Å²) < 4.78 is 6.42. The minimum Gasteiger partial charge on any atom is -0.464 e. The fourth-order valence-electron chi connectivity index (χ4n) is 1.09. The van der Waals surface area contributed by atoms with Gasteiger partial charge in [0.1, 0.15) is 5.82 Å². The van der Waals surface area contributed by atoms with Crippen LogP contribution < -0.4 is 0 Å². The monoisotopic (exact) mass is 198 g/mol. The first-order valence-electron chi connectivity index (χ1n) is 4.46. The molecule has 0 spiro atoms. The minimum absolute atomic E-state index is 0.183. The zero-order chi connectivity index (χ0) is 10.6. The molecule has 5 heteroatoms. The number of hydrogen-bond donors (Lipinski definition) is 1. The van der Waals surface area contributed by atoms with Crippen molar-refractivity contribution in [2.24, 2.45) is 7.05 Å². The highest BCUT2D eigenvalue weighted by atomic mass is 16.5. The van der Waals surface area contributed by atoms with Crippen LogP contribution in [-0.2, 0) is 23.0 Å². The third-order valence-corrected chi connectivity index (χ3v) is 1.86. The lowest BCUT2D eigenvalue weighted by Crippen LogP contribution is -2.26. The Morgan fingerprint density at radius 1 is 1.79 bits per heavy atom. The van der Waals surface area contributed by atoms with Crippen molar-refractivity contribution in [1.29, 1.82) is 0 Å². The van der Waals surface area contributed by atoms with Gasteiger partial charge in [-0.15, -0.1) is 0 Å². The molecule has 1 rings (SSSR count). The van der Waals surface area contributed by atoms with Crippen molar-refractivity contribution in [1.82, 2.24) is 9.55 Å². The second-order valence-corrected chi connectivity index (χ2v) is 2.93. The van der Waals surface area contributed by atoms with Crippen LogP contribution in [-0.4, -0.2) is 33.3 Å². The van der Waals surface area contributed by atoms with E-state index in [1.54, 1.807) is 30.9 Å². The van der Waals surface area contributed by atoms with Crippen LogP contribution >= 0.6 is 0 Å². The molecule has 1 atom stereocenters. The molecule has 0 amide bonds. The number of rotatable bonds is 4. The molecular formula is C9H14N2O3. The molecule has 0 aliphatic rings. The predicted molar refractivity (Wildman–Crippen MR) is 49.6 cm³/mol. The van der Waals surface area contributed by atoms with Gasteiger partial charge in [-0.3, -0.25) is 0 Å². The number of hydrogen-bond acceptors (Lipinski definition) is 4. The molecule has 14 heavy (non-hydrogen) atoms. The average Bonchev–Trinajstić information content (AvgIpc) is 2.52. The Morgan fingerprint density at radius 3 is 3.00 bits per heavy atom. The summed E-state index contributed by atoms with van der Waals surface area (Å²) in [6.07, 6.45) is 2.43. The molecule has 78 valence electrons. The van der Waals surface area contributed by atoms with E-state index in [0.29, 0.717) is 5.82 Å². The molecule has 0 saturated carbocycles. The predicted octanol–water partition coefficient (Wildman–Crippen LogP) is -0.113. The largest absolute Gasteiger partial charge is 0.464 e. The SMILES string of the molecule is CCOC(=O)C(O)Cc1nccn1C. The first-order valence-corrected chi connectivity index (χ1v) is 4.46. The molecule has 0 fully saturated rings. The fraction of sp³-hybridized carbons (Fsp3) is 0.556. The van der Waals surface area contributed by atoms with E-state index in [0.717, 1.165) is 0 Å². The Balaban J connectivity index is 2.52. The number of carbonyl (C=O) groups excluding carboxylic acids is 1. The van der Waals surface area contributed by atoms with Crippen molar-refractivity contribution >= 4 is 5.97 Å². The van der Waals surface area contributed by atoms with Crippen LogP contribution in [0.5, 0.6) is 0 Å². The number of aliphatic hydroxyl groups is 1. The summed E-state index contributed by atoms with van der Waals surface area (Å²) in [4.78, 5) is 15.1. The first kappa shape index (κ1) is 10.7. The van der Waals surface area contributed by atoms with Gasteiger partial charge in [-0.2, -0.15) is 0 Å². The topological polar surface area (TPSA) is 64.3 Å². The van der Waals surface area contributed by atoms with Gasteiger partial charge in [-0.25, -0.2) is 9.78 Å². The van der Waals surface area contributed by atoms with Gasteiger partial charge in [-0.1, -0.05) is 0 Å². The minimum atomic E-state index is -1.13. The molecular weight excluding hydrogens is 184 g/mol. The van der Waals surface area contributed by atoms with E-state index in [2.05, 4.69) is 9.72 Å². The number of aromatic nitrogens is 2. The lowest BCUT2D eigenvalue weighted by atomic mass is 10.2. The van der Waals surface area contributed by atoms with Crippen LogP contribution in [0, 0.1) is 0 Å². The van der Waals surface area contributed by atoms with Crippen molar-refractivity contribution in [2.75, 3.05) is 6.61 Å².